The number of hydrogen-bond donors (Lipinski definition) is 2. The molecule has 2 aromatic rings. The molecule has 0 aliphatic rings. The number of carbonyl (C=O) groups excluding carboxylic acids is 2. The monoisotopic (exact) mass is 342 g/mol. The SMILES string of the molecule is CCCOc1ccc(C(=O)NNC(=O)c2ccccc2)cc1OCC. The molecule has 2 rings (SSSR count). The van der Waals surface area contributed by atoms with Gasteiger partial charge in [-0.15, -0.1) is 0 Å². The molecule has 2 aromatic carbocycles. The summed E-state index contributed by atoms with van der Waals surface area (Å²) in [5.41, 5.74) is 5.60. The van der Waals surface area contributed by atoms with E-state index in [1.165, 1.54) is 0 Å². The molecule has 6 heteroatoms. The Kier molecular flexibility index (Phi) is 6.83. The lowest BCUT2D eigenvalue weighted by molar-refractivity contribution is 0.0846. The Labute approximate surface area is 147 Å². The fourth-order valence-electron chi connectivity index (χ4n) is 2.10. The Hall–Kier alpha value is -3.02. The second-order valence-corrected chi connectivity index (χ2v) is 5.22. The highest BCUT2D eigenvalue weighted by atomic mass is 16.5. The van der Waals surface area contributed by atoms with Gasteiger partial charge in [0.15, 0.2) is 11.5 Å². The Balaban J connectivity index is 2.03. The van der Waals surface area contributed by atoms with E-state index in [0.29, 0.717) is 35.8 Å². The van der Waals surface area contributed by atoms with Gasteiger partial charge < -0.3 is 9.47 Å². The van der Waals surface area contributed by atoms with E-state index in [4.69, 9.17) is 9.47 Å². The van der Waals surface area contributed by atoms with Crippen molar-refractivity contribution in [2.24, 2.45) is 0 Å². The maximum atomic E-state index is 12.2. The van der Waals surface area contributed by atoms with Crippen LogP contribution < -0.4 is 20.3 Å². The van der Waals surface area contributed by atoms with Gasteiger partial charge >= 0.3 is 0 Å². The normalized spacial score (nSPS) is 10.0. The van der Waals surface area contributed by atoms with E-state index in [1.807, 2.05) is 19.9 Å². The Morgan fingerprint density at radius 3 is 2.16 bits per heavy atom. The quantitative estimate of drug-likeness (QED) is 0.759. The molecule has 0 aliphatic carbocycles. The first-order valence-corrected chi connectivity index (χ1v) is 8.21. The summed E-state index contributed by atoms with van der Waals surface area (Å²) < 4.78 is 11.1. The lowest BCUT2D eigenvalue weighted by atomic mass is 10.2. The number of carbonyl (C=O) groups is 2. The summed E-state index contributed by atoms with van der Waals surface area (Å²) in [5.74, 6) is 0.265. The van der Waals surface area contributed by atoms with Crippen LogP contribution in [-0.2, 0) is 0 Å². The van der Waals surface area contributed by atoms with Gasteiger partial charge in [-0.1, -0.05) is 25.1 Å². The predicted octanol–water partition coefficient (Wildman–Crippen LogP) is 2.95. The largest absolute Gasteiger partial charge is 0.490 e. The van der Waals surface area contributed by atoms with E-state index >= 15 is 0 Å². The zero-order valence-electron chi connectivity index (χ0n) is 14.4. The summed E-state index contributed by atoms with van der Waals surface area (Å²) in [7, 11) is 0. The highest BCUT2D eigenvalue weighted by Crippen LogP contribution is 2.28. The van der Waals surface area contributed by atoms with Crippen LogP contribution in [0.15, 0.2) is 48.5 Å². The fourth-order valence-corrected chi connectivity index (χ4v) is 2.10. The summed E-state index contributed by atoms with van der Waals surface area (Å²) in [6.45, 7) is 4.89. The maximum Gasteiger partial charge on any atom is 0.269 e. The van der Waals surface area contributed by atoms with Crippen LogP contribution in [0, 0.1) is 0 Å². The van der Waals surface area contributed by atoms with Crippen molar-refractivity contribution in [3.8, 4) is 11.5 Å². The molecule has 0 saturated heterocycles. The zero-order valence-corrected chi connectivity index (χ0v) is 14.4. The van der Waals surface area contributed by atoms with Crippen LogP contribution >= 0.6 is 0 Å². The summed E-state index contributed by atoms with van der Waals surface area (Å²) in [4.78, 5) is 24.2. The molecule has 0 spiro atoms. The molecule has 0 heterocycles. The van der Waals surface area contributed by atoms with E-state index < -0.39 is 5.91 Å². The molecule has 0 aliphatic heterocycles. The molecule has 0 aromatic heterocycles. The average molecular weight is 342 g/mol. The highest BCUT2D eigenvalue weighted by molar-refractivity contribution is 5.99. The van der Waals surface area contributed by atoms with Crippen LogP contribution in [0.5, 0.6) is 11.5 Å². The van der Waals surface area contributed by atoms with Crippen LogP contribution in [0.1, 0.15) is 41.0 Å². The van der Waals surface area contributed by atoms with Crippen LogP contribution in [0.4, 0.5) is 0 Å². The molecule has 0 atom stereocenters. The number of hydrogen-bond acceptors (Lipinski definition) is 4. The van der Waals surface area contributed by atoms with Gasteiger partial charge in [0.05, 0.1) is 13.2 Å². The topological polar surface area (TPSA) is 76.7 Å². The van der Waals surface area contributed by atoms with Crippen molar-refractivity contribution >= 4 is 11.8 Å². The molecule has 0 unspecified atom stereocenters. The van der Waals surface area contributed by atoms with Crippen molar-refractivity contribution in [1.29, 1.82) is 0 Å². The first kappa shape index (κ1) is 18.3. The molecule has 0 radical (unpaired) electrons. The van der Waals surface area contributed by atoms with Crippen molar-refractivity contribution in [1.82, 2.24) is 10.9 Å². The van der Waals surface area contributed by atoms with Crippen LogP contribution in [0.25, 0.3) is 0 Å². The van der Waals surface area contributed by atoms with Gasteiger partial charge in [-0.3, -0.25) is 20.4 Å². The summed E-state index contributed by atoms with van der Waals surface area (Å²) in [6.07, 6.45) is 0.874. The first-order chi connectivity index (χ1) is 12.2. The molecule has 0 fully saturated rings. The second kappa shape index (κ2) is 9.32. The Bertz CT molecular complexity index is 717. The lowest BCUT2D eigenvalue weighted by Gasteiger charge is -2.13. The number of ether oxygens (including phenoxy) is 2. The summed E-state index contributed by atoms with van der Waals surface area (Å²) in [5, 5.41) is 0. The first-order valence-electron chi connectivity index (χ1n) is 8.21. The standard InChI is InChI=1S/C19H22N2O4/c1-3-12-25-16-11-10-15(13-17(16)24-4-2)19(23)21-20-18(22)14-8-6-5-7-9-14/h5-11,13H,3-4,12H2,1-2H3,(H,20,22)(H,21,23). The van der Waals surface area contributed by atoms with Crippen molar-refractivity contribution in [2.45, 2.75) is 20.3 Å². The van der Waals surface area contributed by atoms with E-state index in [-0.39, 0.29) is 5.91 Å². The highest BCUT2D eigenvalue weighted by Gasteiger charge is 2.13. The molecule has 6 nitrogen and oxygen atoms in total. The van der Waals surface area contributed by atoms with Crippen molar-refractivity contribution in [3.63, 3.8) is 0 Å². The molecule has 132 valence electrons. The van der Waals surface area contributed by atoms with E-state index in [1.54, 1.807) is 42.5 Å². The lowest BCUT2D eigenvalue weighted by Crippen LogP contribution is -2.41. The molecule has 0 saturated carbocycles. The van der Waals surface area contributed by atoms with E-state index in [9.17, 15) is 9.59 Å². The number of hydrazine groups is 1. The number of amides is 2. The van der Waals surface area contributed by atoms with Crippen LogP contribution in [0.3, 0.4) is 0 Å². The van der Waals surface area contributed by atoms with Crippen molar-refractivity contribution < 1.29 is 19.1 Å². The Morgan fingerprint density at radius 2 is 1.52 bits per heavy atom. The van der Waals surface area contributed by atoms with Gasteiger partial charge in [0, 0.05) is 11.1 Å². The molecule has 2 amide bonds. The molecule has 0 bridgehead atoms. The number of benzene rings is 2. The number of nitrogens with one attached hydrogen (secondary N) is 2. The predicted molar refractivity (Wildman–Crippen MR) is 94.8 cm³/mol. The van der Waals surface area contributed by atoms with Gasteiger partial charge in [-0.25, -0.2) is 0 Å². The van der Waals surface area contributed by atoms with Gasteiger partial charge in [0.1, 0.15) is 0 Å². The van der Waals surface area contributed by atoms with Crippen LogP contribution in [0.2, 0.25) is 0 Å². The average Bonchev–Trinajstić information content (AvgIpc) is 2.65. The third kappa shape index (κ3) is 5.24. The molecular weight excluding hydrogens is 320 g/mol. The third-order valence-electron chi connectivity index (χ3n) is 3.29. The Morgan fingerprint density at radius 1 is 0.840 bits per heavy atom. The van der Waals surface area contributed by atoms with Gasteiger partial charge in [0.2, 0.25) is 0 Å². The van der Waals surface area contributed by atoms with Gasteiger partial charge in [-0.05, 0) is 43.7 Å². The zero-order chi connectivity index (χ0) is 18.1. The summed E-state index contributed by atoms with van der Waals surface area (Å²) >= 11 is 0. The third-order valence-corrected chi connectivity index (χ3v) is 3.29. The maximum absolute atomic E-state index is 12.2. The molecule has 2 N–H and O–H groups in total. The van der Waals surface area contributed by atoms with Gasteiger partial charge in [-0.2, -0.15) is 0 Å². The minimum Gasteiger partial charge on any atom is -0.490 e. The second-order valence-electron chi connectivity index (χ2n) is 5.22. The van der Waals surface area contributed by atoms with Crippen LogP contribution in [-0.4, -0.2) is 25.0 Å². The van der Waals surface area contributed by atoms with E-state index in [0.717, 1.165) is 6.42 Å². The number of rotatable bonds is 7. The summed E-state index contributed by atoms with van der Waals surface area (Å²) in [6, 6.07) is 13.5. The van der Waals surface area contributed by atoms with Gasteiger partial charge in [0.25, 0.3) is 11.8 Å². The minimum atomic E-state index is -0.438. The van der Waals surface area contributed by atoms with Crippen molar-refractivity contribution in [2.75, 3.05) is 13.2 Å². The minimum absolute atomic E-state index is 0.362. The molecular formula is C19H22N2O4. The smallest absolute Gasteiger partial charge is 0.269 e. The molecule has 25 heavy (non-hydrogen) atoms. The van der Waals surface area contributed by atoms with E-state index in [2.05, 4.69) is 10.9 Å². The fraction of sp³-hybridized carbons (Fsp3) is 0.263. The van der Waals surface area contributed by atoms with Crippen molar-refractivity contribution in [3.05, 3.63) is 59.7 Å².